The van der Waals surface area contributed by atoms with Crippen LogP contribution in [0.5, 0.6) is 0 Å². The second-order valence-electron chi connectivity index (χ2n) is 13.0. The van der Waals surface area contributed by atoms with Gasteiger partial charge in [-0.05, 0) is 12.8 Å². The number of aliphatic hydroxyl groups excluding tert-OH is 2. The van der Waals surface area contributed by atoms with Crippen molar-refractivity contribution in [2.45, 2.75) is 199 Å². The molecule has 0 aliphatic carbocycles. The maximum atomic E-state index is 12.7. The van der Waals surface area contributed by atoms with E-state index in [-0.39, 0.29) is 26.2 Å². The first-order valence-electron chi connectivity index (χ1n) is 18.7. The highest BCUT2D eigenvalue weighted by Gasteiger charge is 2.28. The highest BCUT2D eigenvalue weighted by Crippen LogP contribution is 2.43. The van der Waals surface area contributed by atoms with Crippen molar-refractivity contribution in [3.8, 4) is 0 Å². The summed E-state index contributed by atoms with van der Waals surface area (Å²) in [5, 5.41) is 24.0. The number of phosphoric ester groups is 1. The van der Waals surface area contributed by atoms with Crippen LogP contribution in [0.25, 0.3) is 0 Å². The van der Waals surface area contributed by atoms with Gasteiger partial charge in [0.05, 0.1) is 37.9 Å². The van der Waals surface area contributed by atoms with Gasteiger partial charge in [-0.25, -0.2) is 4.57 Å². The number of amides is 1. The number of unbranched alkanes of at least 4 members (excludes halogenated alkanes) is 21. The summed E-state index contributed by atoms with van der Waals surface area (Å²) in [6.45, 7) is 4.02. The highest BCUT2D eigenvalue weighted by molar-refractivity contribution is 7.47. The predicted molar refractivity (Wildman–Crippen MR) is 186 cm³/mol. The number of hydrogen-bond donors (Lipinski definition) is 5. The number of carbonyl (C=O) groups excluding carboxylic acids is 1. The molecule has 9 nitrogen and oxygen atoms in total. The van der Waals surface area contributed by atoms with E-state index in [9.17, 15) is 24.5 Å². The average molecular weight is 665 g/mol. The third-order valence-corrected chi connectivity index (χ3v) is 9.50. The Morgan fingerprint density at radius 2 is 1.07 bits per heavy atom. The van der Waals surface area contributed by atoms with Gasteiger partial charge in [0.2, 0.25) is 5.91 Å². The van der Waals surface area contributed by atoms with E-state index in [1.54, 1.807) is 0 Å². The van der Waals surface area contributed by atoms with E-state index in [1.165, 1.54) is 109 Å². The van der Waals surface area contributed by atoms with Crippen LogP contribution in [0.3, 0.4) is 0 Å². The zero-order chi connectivity index (χ0) is 33.4. The normalized spacial score (nSPS) is 15.1. The number of hydrogen-bond acceptors (Lipinski definition) is 7. The fraction of sp³-hybridized carbons (Fsp3) is 0.971. The van der Waals surface area contributed by atoms with Crippen molar-refractivity contribution in [1.82, 2.24) is 5.32 Å². The molecule has 0 aromatic heterocycles. The maximum Gasteiger partial charge on any atom is 0.472 e. The van der Waals surface area contributed by atoms with Crippen molar-refractivity contribution in [2.75, 3.05) is 19.8 Å². The van der Waals surface area contributed by atoms with E-state index < -0.39 is 32.0 Å². The number of aliphatic hydroxyl groups is 2. The van der Waals surface area contributed by atoms with Gasteiger partial charge in [-0.3, -0.25) is 13.8 Å². The Morgan fingerprint density at radius 1 is 0.667 bits per heavy atom. The molecule has 0 bridgehead atoms. The minimum atomic E-state index is -4.36. The standard InChI is InChI=1S/C35H73N2O7P/c1-3-5-7-9-11-13-15-17-18-20-22-24-26-32(38)30-35(40)37-33(31-44-45(41,42)43-29-28-36)34(39)27-25-23-21-19-16-14-12-10-8-6-4-2/h32-34,38-39H,3-31,36H2,1-2H3,(H,37,40)(H,41,42). The van der Waals surface area contributed by atoms with Crippen LogP contribution >= 0.6 is 7.82 Å². The third kappa shape index (κ3) is 30.5. The van der Waals surface area contributed by atoms with Gasteiger partial charge in [0, 0.05) is 6.54 Å². The minimum Gasteiger partial charge on any atom is -0.393 e. The lowest BCUT2D eigenvalue weighted by Gasteiger charge is -2.25. The van der Waals surface area contributed by atoms with Crippen LogP contribution in [0.4, 0.5) is 0 Å². The van der Waals surface area contributed by atoms with Crippen molar-refractivity contribution in [2.24, 2.45) is 5.73 Å². The minimum absolute atomic E-state index is 0.0621. The first-order valence-corrected chi connectivity index (χ1v) is 20.2. The van der Waals surface area contributed by atoms with Crippen molar-refractivity contribution >= 4 is 13.7 Å². The van der Waals surface area contributed by atoms with Crippen LogP contribution in [0, 0.1) is 0 Å². The summed E-state index contributed by atoms with van der Waals surface area (Å²) in [6.07, 6.45) is 27.1. The monoisotopic (exact) mass is 665 g/mol. The van der Waals surface area contributed by atoms with Gasteiger partial charge in [0.1, 0.15) is 0 Å². The van der Waals surface area contributed by atoms with E-state index in [2.05, 4.69) is 19.2 Å². The molecule has 1 amide bonds. The van der Waals surface area contributed by atoms with Crippen LogP contribution in [-0.2, 0) is 18.4 Å². The first kappa shape index (κ1) is 44.5. The Morgan fingerprint density at radius 3 is 1.49 bits per heavy atom. The van der Waals surface area contributed by atoms with Crippen molar-refractivity contribution in [3.63, 3.8) is 0 Å². The van der Waals surface area contributed by atoms with Gasteiger partial charge in [-0.2, -0.15) is 0 Å². The molecule has 45 heavy (non-hydrogen) atoms. The molecule has 0 rings (SSSR count). The van der Waals surface area contributed by atoms with E-state index in [0.717, 1.165) is 38.5 Å². The van der Waals surface area contributed by atoms with Gasteiger partial charge in [0.15, 0.2) is 0 Å². The lowest BCUT2D eigenvalue weighted by molar-refractivity contribution is -0.125. The molecule has 10 heteroatoms. The summed E-state index contributed by atoms with van der Waals surface area (Å²) in [5.74, 6) is -0.413. The van der Waals surface area contributed by atoms with Gasteiger partial charge in [0.25, 0.3) is 0 Å². The third-order valence-electron chi connectivity index (χ3n) is 8.52. The molecule has 0 aromatic carbocycles. The fourth-order valence-corrected chi connectivity index (χ4v) is 6.41. The summed E-state index contributed by atoms with van der Waals surface area (Å²) in [5.41, 5.74) is 5.34. The van der Waals surface area contributed by atoms with E-state index >= 15 is 0 Å². The fourth-order valence-electron chi connectivity index (χ4n) is 5.65. The van der Waals surface area contributed by atoms with E-state index in [1.807, 2.05) is 0 Å². The summed E-state index contributed by atoms with van der Waals surface area (Å²) in [7, 11) is -4.36. The molecule has 4 atom stereocenters. The summed E-state index contributed by atoms with van der Waals surface area (Å²) in [6, 6.07) is -0.888. The molecule has 6 N–H and O–H groups in total. The summed E-state index contributed by atoms with van der Waals surface area (Å²) in [4.78, 5) is 22.6. The molecule has 0 heterocycles. The molecular weight excluding hydrogens is 591 g/mol. The second-order valence-corrected chi connectivity index (χ2v) is 14.4. The van der Waals surface area contributed by atoms with Crippen molar-refractivity contribution in [1.29, 1.82) is 0 Å². The molecule has 0 aliphatic rings. The Kier molecular flexibility index (Phi) is 31.6. The molecule has 0 aromatic rings. The molecule has 0 saturated heterocycles. The Labute approximate surface area is 276 Å². The van der Waals surface area contributed by atoms with Crippen LogP contribution in [-0.4, -0.2) is 59.0 Å². The smallest absolute Gasteiger partial charge is 0.393 e. The molecule has 0 fully saturated rings. The number of carbonyl (C=O) groups is 1. The molecule has 0 aliphatic heterocycles. The topological polar surface area (TPSA) is 151 Å². The lowest BCUT2D eigenvalue weighted by atomic mass is 10.0. The second kappa shape index (κ2) is 32.0. The van der Waals surface area contributed by atoms with E-state index in [0.29, 0.717) is 12.8 Å². The summed E-state index contributed by atoms with van der Waals surface area (Å²) < 4.78 is 22.0. The molecule has 0 saturated carbocycles. The number of nitrogens with one attached hydrogen (secondary N) is 1. The predicted octanol–water partition coefficient (Wildman–Crippen LogP) is 8.47. The zero-order valence-electron chi connectivity index (χ0n) is 29.2. The van der Waals surface area contributed by atoms with Crippen molar-refractivity contribution < 1.29 is 33.5 Å². The molecular formula is C35H73N2O7P. The van der Waals surface area contributed by atoms with Gasteiger partial charge in [-0.15, -0.1) is 0 Å². The SMILES string of the molecule is CCCCCCCCCCCCCCC(O)CC(=O)NC(COP(=O)(O)OCCN)C(O)CCCCCCCCCCCCC. The Bertz CT molecular complexity index is 701. The number of rotatable bonds is 35. The van der Waals surface area contributed by atoms with Gasteiger partial charge < -0.3 is 26.2 Å². The molecule has 4 unspecified atom stereocenters. The molecule has 0 spiro atoms. The van der Waals surface area contributed by atoms with Crippen LogP contribution in [0.2, 0.25) is 0 Å². The highest BCUT2D eigenvalue weighted by atomic mass is 31.2. The Balaban J connectivity index is 4.36. The van der Waals surface area contributed by atoms with E-state index in [4.69, 9.17) is 14.8 Å². The van der Waals surface area contributed by atoms with Gasteiger partial charge in [-0.1, -0.05) is 162 Å². The van der Waals surface area contributed by atoms with Crippen LogP contribution < -0.4 is 11.1 Å². The molecule has 270 valence electrons. The van der Waals surface area contributed by atoms with Crippen LogP contribution in [0.1, 0.15) is 181 Å². The Hall–Kier alpha value is -0.540. The van der Waals surface area contributed by atoms with Crippen molar-refractivity contribution in [3.05, 3.63) is 0 Å². The van der Waals surface area contributed by atoms with Crippen LogP contribution in [0.15, 0.2) is 0 Å². The zero-order valence-corrected chi connectivity index (χ0v) is 30.1. The quantitative estimate of drug-likeness (QED) is 0.0334. The summed E-state index contributed by atoms with van der Waals surface area (Å²) >= 11 is 0. The number of nitrogens with two attached hydrogens (primary N) is 1. The number of phosphoric acid groups is 1. The molecule has 0 radical (unpaired) electrons. The lowest BCUT2D eigenvalue weighted by Crippen LogP contribution is -2.47. The largest absolute Gasteiger partial charge is 0.472 e. The first-order chi connectivity index (χ1) is 21.8. The van der Waals surface area contributed by atoms with Gasteiger partial charge >= 0.3 is 7.82 Å². The maximum absolute atomic E-state index is 12.7. The average Bonchev–Trinajstić information content (AvgIpc) is 3.01.